The van der Waals surface area contributed by atoms with Gasteiger partial charge < -0.3 is 29.8 Å². The largest absolute Gasteiger partial charge is 0.360 e. The number of aromatic nitrogens is 2. The van der Waals surface area contributed by atoms with Crippen LogP contribution in [0.1, 0.15) is 34.7 Å². The lowest BCUT2D eigenvalue weighted by Gasteiger charge is -2.32. The third kappa shape index (κ3) is 6.13. The normalized spacial score (nSPS) is 15.2. The first kappa shape index (κ1) is 27.6. The van der Waals surface area contributed by atoms with E-state index in [1.807, 2.05) is 23.1 Å². The Labute approximate surface area is 227 Å². The lowest BCUT2D eigenvalue weighted by molar-refractivity contribution is 0.0713. The SMILES string of the molecule is O=C(c1cccc(-c2nc(NC(P(=O)(O)O)P(=O)(O)O)c3ccsc3n2)c1)N1CCC(c2ccccc2)CC1. The second kappa shape index (κ2) is 10.9. The van der Waals surface area contributed by atoms with E-state index < -0.39 is 20.7 Å². The molecule has 1 aliphatic heterocycles. The van der Waals surface area contributed by atoms with Gasteiger partial charge in [-0.05, 0) is 47.9 Å². The summed E-state index contributed by atoms with van der Waals surface area (Å²) in [5.41, 5.74) is -0.278. The second-order valence-electron chi connectivity index (χ2n) is 9.29. The first-order chi connectivity index (χ1) is 18.5. The summed E-state index contributed by atoms with van der Waals surface area (Å²) in [6.45, 7) is 1.25. The Morgan fingerprint density at radius 2 is 1.64 bits per heavy atom. The van der Waals surface area contributed by atoms with Crippen LogP contribution >= 0.6 is 26.5 Å². The number of benzene rings is 2. The van der Waals surface area contributed by atoms with Gasteiger partial charge in [-0.1, -0.05) is 42.5 Å². The van der Waals surface area contributed by atoms with Gasteiger partial charge in [-0.2, -0.15) is 0 Å². The molecule has 0 bridgehead atoms. The van der Waals surface area contributed by atoms with E-state index in [2.05, 4.69) is 27.4 Å². The average molecular weight is 589 g/mol. The summed E-state index contributed by atoms with van der Waals surface area (Å²) >= 11 is 1.23. The molecule has 0 unspecified atom stereocenters. The molecule has 2 aromatic carbocycles. The highest BCUT2D eigenvalue weighted by atomic mass is 32.1. The van der Waals surface area contributed by atoms with Gasteiger partial charge in [0.25, 0.3) is 5.91 Å². The Morgan fingerprint density at radius 1 is 0.949 bits per heavy atom. The van der Waals surface area contributed by atoms with Crippen LogP contribution in [0.3, 0.4) is 0 Å². The molecule has 1 saturated heterocycles. The molecule has 5 N–H and O–H groups in total. The topological polar surface area (TPSA) is 173 Å². The van der Waals surface area contributed by atoms with E-state index >= 15 is 0 Å². The van der Waals surface area contributed by atoms with Crippen molar-refractivity contribution in [3.63, 3.8) is 0 Å². The number of hydrogen-bond donors (Lipinski definition) is 5. The summed E-state index contributed by atoms with van der Waals surface area (Å²) in [6.07, 6.45) is 1.73. The monoisotopic (exact) mass is 588 g/mol. The van der Waals surface area contributed by atoms with E-state index in [0.29, 0.717) is 40.4 Å². The van der Waals surface area contributed by atoms with Crippen molar-refractivity contribution in [1.29, 1.82) is 0 Å². The number of carbonyl (C=O) groups excluding carboxylic acids is 1. The van der Waals surface area contributed by atoms with Crippen LogP contribution in [0.2, 0.25) is 0 Å². The molecule has 39 heavy (non-hydrogen) atoms. The second-order valence-corrected chi connectivity index (χ2v) is 14.0. The molecule has 0 spiro atoms. The van der Waals surface area contributed by atoms with Crippen LogP contribution in [0.15, 0.2) is 66.0 Å². The first-order valence-electron chi connectivity index (χ1n) is 12.1. The van der Waals surface area contributed by atoms with E-state index in [4.69, 9.17) is 0 Å². The lowest BCUT2D eigenvalue weighted by Crippen LogP contribution is -2.37. The van der Waals surface area contributed by atoms with Crippen LogP contribution in [0.5, 0.6) is 0 Å². The van der Waals surface area contributed by atoms with Crippen molar-refractivity contribution in [3.05, 3.63) is 77.2 Å². The summed E-state index contributed by atoms with van der Waals surface area (Å²) in [4.78, 5) is 62.7. The van der Waals surface area contributed by atoms with Gasteiger partial charge in [-0.15, -0.1) is 11.3 Å². The van der Waals surface area contributed by atoms with Crippen LogP contribution in [0.4, 0.5) is 5.82 Å². The van der Waals surface area contributed by atoms with Crippen LogP contribution in [-0.4, -0.2) is 59.0 Å². The maximum absolute atomic E-state index is 13.3. The number of likely N-dealkylation sites (tertiary alicyclic amines) is 1. The van der Waals surface area contributed by atoms with Crippen molar-refractivity contribution >= 4 is 48.5 Å². The maximum Gasteiger partial charge on any atom is 0.360 e. The fourth-order valence-electron chi connectivity index (χ4n) is 4.70. The van der Waals surface area contributed by atoms with Gasteiger partial charge in [0.05, 0.1) is 5.39 Å². The maximum atomic E-state index is 13.3. The summed E-state index contributed by atoms with van der Waals surface area (Å²) in [5, 5.41) is 4.29. The minimum atomic E-state index is -5.25. The van der Waals surface area contributed by atoms with E-state index in [0.717, 1.165) is 12.8 Å². The van der Waals surface area contributed by atoms with Crippen molar-refractivity contribution in [3.8, 4) is 11.4 Å². The quantitative estimate of drug-likeness (QED) is 0.194. The van der Waals surface area contributed by atoms with Gasteiger partial charge in [0, 0.05) is 24.2 Å². The number of nitrogens with one attached hydrogen (secondary N) is 1. The predicted octanol–water partition coefficient (Wildman–Crippen LogP) is 4.43. The molecule has 1 aliphatic rings. The van der Waals surface area contributed by atoms with Crippen molar-refractivity contribution in [2.45, 2.75) is 24.3 Å². The summed E-state index contributed by atoms with van der Waals surface area (Å²) in [5.74, 6) is 0.290. The van der Waals surface area contributed by atoms with E-state index in [-0.39, 0.29) is 17.5 Å². The van der Waals surface area contributed by atoms with Gasteiger partial charge >= 0.3 is 15.2 Å². The minimum Gasteiger partial charge on any atom is -0.346 e. The standard InChI is InChI=1S/C25H26N4O7P2S/c30-24(29-12-9-17(10-13-29)16-5-2-1-3-6-16)19-8-4-7-18(15-19)21-26-22(20-11-14-39-23(20)27-21)28-25(37(31,32)33)38(34,35)36/h1-8,11,14-15,17,25H,9-10,12-13H2,(H,26,27,28)(H2,31,32,33)(H2,34,35,36). The number of amides is 1. The number of carbonyl (C=O) groups is 1. The number of nitrogens with zero attached hydrogens (tertiary/aromatic N) is 3. The molecular weight excluding hydrogens is 562 g/mol. The zero-order valence-corrected chi connectivity index (χ0v) is 23.1. The molecule has 3 heterocycles. The lowest BCUT2D eigenvalue weighted by atomic mass is 9.89. The smallest absolute Gasteiger partial charge is 0.346 e. The number of rotatable bonds is 7. The number of thiophene rings is 1. The van der Waals surface area contributed by atoms with E-state index in [1.165, 1.54) is 16.9 Å². The fourth-order valence-corrected chi connectivity index (χ4v) is 7.61. The molecule has 0 aliphatic carbocycles. The highest BCUT2D eigenvalue weighted by Crippen LogP contribution is 2.59. The van der Waals surface area contributed by atoms with E-state index in [1.54, 1.807) is 35.7 Å². The van der Waals surface area contributed by atoms with Crippen molar-refractivity contribution in [1.82, 2.24) is 14.9 Å². The fraction of sp³-hybridized carbons (Fsp3) is 0.240. The molecule has 4 aromatic rings. The van der Waals surface area contributed by atoms with Gasteiger partial charge in [0.1, 0.15) is 10.6 Å². The van der Waals surface area contributed by atoms with Crippen LogP contribution < -0.4 is 5.32 Å². The van der Waals surface area contributed by atoms with Crippen LogP contribution in [0, 0.1) is 0 Å². The molecule has 5 rings (SSSR count). The molecular formula is C25H26N4O7P2S. The van der Waals surface area contributed by atoms with Gasteiger partial charge in [0.2, 0.25) is 5.52 Å². The molecule has 0 radical (unpaired) electrons. The molecule has 1 fully saturated rings. The number of fused-ring (bicyclic) bond motifs is 1. The Balaban J connectivity index is 1.40. The van der Waals surface area contributed by atoms with Crippen LogP contribution in [-0.2, 0) is 9.13 Å². The summed E-state index contributed by atoms with van der Waals surface area (Å²) < 4.78 is 23.7. The average Bonchev–Trinajstić information content (AvgIpc) is 3.40. The zero-order chi connectivity index (χ0) is 27.8. The summed E-state index contributed by atoms with van der Waals surface area (Å²) in [6, 6.07) is 18.6. The van der Waals surface area contributed by atoms with Gasteiger partial charge in [-0.25, -0.2) is 9.97 Å². The van der Waals surface area contributed by atoms with Crippen molar-refractivity contribution < 1.29 is 33.5 Å². The zero-order valence-electron chi connectivity index (χ0n) is 20.5. The number of hydrogen-bond acceptors (Lipinski definition) is 7. The highest BCUT2D eigenvalue weighted by molar-refractivity contribution is 7.71. The predicted molar refractivity (Wildman–Crippen MR) is 149 cm³/mol. The Hall–Kier alpha value is -2.95. The number of anilines is 1. The Kier molecular flexibility index (Phi) is 7.72. The Bertz CT molecular complexity index is 1570. The van der Waals surface area contributed by atoms with E-state index in [9.17, 15) is 33.5 Å². The van der Waals surface area contributed by atoms with Crippen molar-refractivity contribution in [2.75, 3.05) is 18.4 Å². The summed E-state index contributed by atoms with van der Waals surface area (Å²) in [7, 11) is -10.5. The number of piperidine rings is 1. The Morgan fingerprint density at radius 3 is 2.31 bits per heavy atom. The first-order valence-corrected chi connectivity index (χ1v) is 16.3. The third-order valence-electron chi connectivity index (χ3n) is 6.65. The molecule has 1 amide bonds. The highest BCUT2D eigenvalue weighted by Gasteiger charge is 2.44. The molecule has 0 saturated carbocycles. The van der Waals surface area contributed by atoms with Crippen molar-refractivity contribution in [2.24, 2.45) is 0 Å². The molecule has 11 nitrogen and oxygen atoms in total. The minimum absolute atomic E-state index is 0.123. The van der Waals surface area contributed by atoms with Gasteiger partial charge in [0.15, 0.2) is 5.82 Å². The molecule has 2 aromatic heterocycles. The molecule has 0 atom stereocenters. The third-order valence-corrected chi connectivity index (χ3v) is 10.8. The van der Waals surface area contributed by atoms with Crippen LogP contribution in [0.25, 0.3) is 21.6 Å². The molecule has 204 valence electrons. The molecule has 14 heteroatoms. The van der Waals surface area contributed by atoms with Gasteiger partial charge in [-0.3, -0.25) is 13.9 Å².